The summed E-state index contributed by atoms with van der Waals surface area (Å²) >= 11 is 0. The van der Waals surface area contributed by atoms with Crippen molar-refractivity contribution in [2.75, 3.05) is 20.3 Å². The maximum Gasteiger partial charge on any atom is 0.323 e. The van der Waals surface area contributed by atoms with E-state index in [1.54, 1.807) is 31.4 Å². The molecule has 1 aliphatic heterocycles. The number of ether oxygens (including phenoxy) is 2. The van der Waals surface area contributed by atoms with Crippen molar-refractivity contribution in [2.45, 2.75) is 6.42 Å². The van der Waals surface area contributed by atoms with Crippen molar-refractivity contribution in [3.05, 3.63) is 47.9 Å². The van der Waals surface area contributed by atoms with Gasteiger partial charge >= 0.3 is 6.03 Å². The summed E-state index contributed by atoms with van der Waals surface area (Å²) < 4.78 is 10.6. The quantitative estimate of drug-likeness (QED) is 0.545. The fourth-order valence-electron chi connectivity index (χ4n) is 1.97. The van der Waals surface area contributed by atoms with Crippen LogP contribution in [0.1, 0.15) is 6.42 Å². The molecule has 8 nitrogen and oxygen atoms in total. The Morgan fingerprint density at radius 3 is 2.58 bits per heavy atom. The summed E-state index contributed by atoms with van der Waals surface area (Å²) in [7, 11) is 1.60. The molecule has 2 rings (SSSR count). The molecule has 8 heteroatoms. The molecule has 0 radical (unpaired) electrons. The highest BCUT2D eigenvalue weighted by molar-refractivity contribution is 6.00. The van der Waals surface area contributed by atoms with E-state index in [0.717, 1.165) is 11.5 Å². The lowest BCUT2D eigenvalue weighted by molar-refractivity contribution is -0.117. The van der Waals surface area contributed by atoms with Crippen molar-refractivity contribution in [1.29, 1.82) is 0 Å². The Labute approximate surface area is 139 Å². The number of nitrogens with two attached hydrogens (primary N) is 1. The van der Waals surface area contributed by atoms with Crippen LogP contribution >= 0.6 is 0 Å². The summed E-state index contributed by atoms with van der Waals surface area (Å²) in [6, 6.07) is 6.68. The number of amides is 3. The van der Waals surface area contributed by atoms with Gasteiger partial charge < -0.3 is 31.2 Å². The van der Waals surface area contributed by atoms with Crippen LogP contribution in [0, 0.1) is 0 Å². The fourth-order valence-corrected chi connectivity index (χ4v) is 1.97. The normalized spacial score (nSPS) is 13.9. The van der Waals surface area contributed by atoms with Gasteiger partial charge in [0.2, 0.25) is 0 Å². The van der Waals surface area contributed by atoms with Gasteiger partial charge in [-0.2, -0.15) is 0 Å². The lowest BCUT2D eigenvalue weighted by atomic mass is 10.2. The van der Waals surface area contributed by atoms with Crippen molar-refractivity contribution in [3.63, 3.8) is 0 Å². The van der Waals surface area contributed by atoms with Crippen molar-refractivity contribution >= 4 is 11.9 Å². The molecular formula is C16H20N4O4. The third kappa shape index (κ3) is 4.42. The van der Waals surface area contributed by atoms with Gasteiger partial charge in [-0.25, -0.2) is 4.79 Å². The van der Waals surface area contributed by atoms with E-state index in [4.69, 9.17) is 15.2 Å². The number of methoxy groups -OCH3 is 1. The first-order valence-corrected chi connectivity index (χ1v) is 7.33. The van der Waals surface area contributed by atoms with Crippen LogP contribution in [-0.4, -0.2) is 32.2 Å². The third-order valence-electron chi connectivity index (χ3n) is 3.26. The number of urea groups is 1. The lowest BCUT2D eigenvalue weighted by Gasteiger charge is -2.20. The van der Waals surface area contributed by atoms with Gasteiger partial charge in [0, 0.05) is 6.54 Å². The van der Waals surface area contributed by atoms with E-state index in [-0.39, 0.29) is 17.1 Å². The zero-order chi connectivity index (χ0) is 17.5. The number of hydrogen-bond donors (Lipinski definition) is 4. The van der Waals surface area contributed by atoms with Crippen LogP contribution in [0.4, 0.5) is 4.79 Å². The van der Waals surface area contributed by atoms with Gasteiger partial charge in [0.1, 0.15) is 17.2 Å². The van der Waals surface area contributed by atoms with Crippen LogP contribution < -0.4 is 31.2 Å². The Bertz CT molecular complexity index is 667. The van der Waals surface area contributed by atoms with Crippen LogP contribution in [0.2, 0.25) is 0 Å². The summed E-state index contributed by atoms with van der Waals surface area (Å²) in [6.45, 7) is 4.38. The van der Waals surface area contributed by atoms with Gasteiger partial charge in [-0.3, -0.25) is 4.79 Å². The SMILES string of the molecule is C=C1NC(=O)NC(C(=O)NCCCOc2ccc(OC)cc2)=C1N. The second kappa shape index (κ2) is 7.91. The zero-order valence-corrected chi connectivity index (χ0v) is 13.3. The predicted octanol–water partition coefficient (Wildman–Crippen LogP) is 0.577. The second-order valence-electron chi connectivity index (χ2n) is 4.98. The van der Waals surface area contributed by atoms with Crippen LogP contribution in [0.5, 0.6) is 11.5 Å². The molecule has 0 aromatic heterocycles. The Balaban J connectivity index is 1.73. The van der Waals surface area contributed by atoms with Gasteiger partial charge in [0.25, 0.3) is 5.91 Å². The number of rotatable bonds is 7. The number of carbonyl (C=O) groups is 2. The first-order chi connectivity index (χ1) is 11.5. The van der Waals surface area contributed by atoms with Crippen molar-refractivity contribution < 1.29 is 19.1 Å². The second-order valence-corrected chi connectivity index (χ2v) is 4.98. The maximum atomic E-state index is 12.0. The summed E-state index contributed by atoms with van der Waals surface area (Å²) in [5.41, 5.74) is 6.04. The zero-order valence-electron chi connectivity index (χ0n) is 13.3. The van der Waals surface area contributed by atoms with E-state index in [9.17, 15) is 9.59 Å². The van der Waals surface area contributed by atoms with Gasteiger partial charge in [0.05, 0.1) is 25.1 Å². The topological polar surface area (TPSA) is 115 Å². The number of hydrogen-bond acceptors (Lipinski definition) is 5. The Morgan fingerprint density at radius 2 is 1.92 bits per heavy atom. The van der Waals surface area contributed by atoms with Crippen LogP contribution in [0.3, 0.4) is 0 Å². The van der Waals surface area contributed by atoms with E-state index >= 15 is 0 Å². The molecule has 0 fully saturated rings. The molecule has 0 aliphatic carbocycles. The average molecular weight is 332 g/mol. The summed E-state index contributed by atoms with van der Waals surface area (Å²) in [4.78, 5) is 23.3. The Hall–Kier alpha value is -3.16. The van der Waals surface area contributed by atoms with E-state index in [1.807, 2.05) is 0 Å². The molecule has 5 N–H and O–H groups in total. The van der Waals surface area contributed by atoms with Crippen LogP contribution in [0.15, 0.2) is 47.9 Å². The molecule has 0 bridgehead atoms. The molecule has 24 heavy (non-hydrogen) atoms. The highest BCUT2D eigenvalue weighted by Crippen LogP contribution is 2.17. The largest absolute Gasteiger partial charge is 0.497 e. The predicted molar refractivity (Wildman–Crippen MR) is 88.1 cm³/mol. The molecule has 0 atom stereocenters. The molecule has 0 saturated heterocycles. The van der Waals surface area contributed by atoms with Gasteiger partial charge in [-0.1, -0.05) is 6.58 Å². The molecule has 0 unspecified atom stereocenters. The lowest BCUT2D eigenvalue weighted by Crippen LogP contribution is -2.47. The van der Waals surface area contributed by atoms with Gasteiger partial charge in [-0.15, -0.1) is 0 Å². The highest BCUT2D eigenvalue weighted by Gasteiger charge is 2.23. The van der Waals surface area contributed by atoms with E-state index < -0.39 is 11.9 Å². The van der Waals surface area contributed by atoms with Crippen molar-refractivity contribution in [2.24, 2.45) is 5.73 Å². The molecule has 1 aromatic carbocycles. The smallest absolute Gasteiger partial charge is 0.323 e. The summed E-state index contributed by atoms with van der Waals surface area (Å²) in [6.07, 6.45) is 0.595. The first-order valence-electron chi connectivity index (χ1n) is 7.33. The number of carbonyl (C=O) groups excluding carboxylic acids is 2. The molecule has 1 aromatic rings. The van der Waals surface area contributed by atoms with Crippen molar-refractivity contribution in [1.82, 2.24) is 16.0 Å². The van der Waals surface area contributed by atoms with E-state index in [2.05, 4.69) is 22.5 Å². The molecular weight excluding hydrogens is 312 g/mol. The number of benzene rings is 1. The molecule has 1 heterocycles. The van der Waals surface area contributed by atoms with Crippen molar-refractivity contribution in [3.8, 4) is 11.5 Å². The minimum Gasteiger partial charge on any atom is -0.497 e. The third-order valence-corrected chi connectivity index (χ3v) is 3.26. The maximum absolute atomic E-state index is 12.0. The Kier molecular flexibility index (Phi) is 5.67. The first kappa shape index (κ1) is 17.2. The van der Waals surface area contributed by atoms with E-state index in [1.165, 1.54) is 0 Å². The standard InChI is InChI=1S/C16H20N4O4/c1-10-13(17)14(20-16(22)19-10)15(21)18-8-3-9-24-12-6-4-11(23-2)5-7-12/h4-7H,1,3,8-9,17H2,2H3,(H,18,21)(H2,19,20,22). The van der Waals surface area contributed by atoms with Gasteiger partial charge in [0.15, 0.2) is 0 Å². The highest BCUT2D eigenvalue weighted by atomic mass is 16.5. The molecule has 3 amide bonds. The van der Waals surface area contributed by atoms with Crippen LogP contribution in [-0.2, 0) is 4.79 Å². The monoisotopic (exact) mass is 332 g/mol. The summed E-state index contributed by atoms with van der Waals surface area (Å²) in [5.74, 6) is 1.01. The number of nitrogens with one attached hydrogen (secondary N) is 3. The average Bonchev–Trinajstić information content (AvgIpc) is 2.58. The molecule has 128 valence electrons. The Morgan fingerprint density at radius 1 is 1.25 bits per heavy atom. The minimum atomic E-state index is -0.540. The molecule has 0 saturated carbocycles. The molecule has 0 spiro atoms. The van der Waals surface area contributed by atoms with Crippen LogP contribution in [0.25, 0.3) is 0 Å². The van der Waals surface area contributed by atoms with E-state index in [0.29, 0.717) is 19.6 Å². The minimum absolute atomic E-state index is 0.000164. The van der Waals surface area contributed by atoms with Gasteiger partial charge in [-0.05, 0) is 30.7 Å². The summed E-state index contributed by atoms with van der Waals surface area (Å²) in [5, 5.41) is 7.41. The molecule has 1 aliphatic rings. The fraction of sp³-hybridized carbons (Fsp3) is 0.250.